The standard InChI is InChI=1S/C26H23BrN6O4/c1-3-36-25(34)19-12-29-33(14-19)26-30-23-22(24(31-26)37-15-17-7-5-4-6-8-17)28-16-32(23)13-18-11-20(35-2)9-10-21(18)27/h4-12,14,16H,3,13,15H2,1-2H3. The Morgan fingerprint density at radius 3 is 2.73 bits per heavy atom. The van der Waals surface area contributed by atoms with E-state index in [0.717, 1.165) is 21.3 Å². The largest absolute Gasteiger partial charge is 0.497 e. The lowest BCUT2D eigenvalue weighted by Crippen LogP contribution is -2.08. The summed E-state index contributed by atoms with van der Waals surface area (Å²) in [5.41, 5.74) is 3.33. The highest BCUT2D eigenvalue weighted by atomic mass is 79.9. The van der Waals surface area contributed by atoms with Crippen LogP contribution in [0.3, 0.4) is 0 Å². The number of hydrogen-bond donors (Lipinski definition) is 0. The maximum atomic E-state index is 12.2. The van der Waals surface area contributed by atoms with E-state index in [0.29, 0.717) is 35.8 Å². The van der Waals surface area contributed by atoms with Crippen LogP contribution in [0.25, 0.3) is 17.1 Å². The van der Waals surface area contributed by atoms with Crippen molar-refractivity contribution in [2.75, 3.05) is 13.7 Å². The van der Waals surface area contributed by atoms with Crippen molar-refractivity contribution in [3.05, 3.63) is 88.4 Å². The number of nitrogens with zero attached hydrogens (tertiary/aromatic N) is 6. The molecule has 0 aliphatic rings. The van der Waals surface area contributed by atoms with E-state index in [-0.39, 0.29) is 12.6 Å². The van der Waals surface area contributed by atoms with Gasteiger partial charge in [-0.05, 0) is 36.2 Å². The maximum absolute atomic E-state index is 12.2. The zero-order valence-corrected chi connectivity index (χ0v) is 21.8. The maximum Gasteiger partial charge on any atom is 0.341 e. The first-order valence-electron chi connectivity index (χ1n) is 11.5. The third kappa shape index (κ3) is 5.31. The van der Waals surface area contributed by atoms with Crippen LogP contribution in [0.15, 0.2) is 71.7 Å². The second-order valence-electron chi connectivity index (χ2n) is 8.00. The van der Waals surface area contributed by atoms with Gasteiger partial charge in [-0.2, -0.15) is 15.1 Å². The second kappa shape index (κ2) is 10.8. The molecule has 0 unspecified atom stereocenters. The fraction of sp³-hybridized carbons (Fsp3) is 0.192. The molecular formula is C26H23BrN6O4. The normalized spacial score (nSPS) is 11.0. The molecule has 37 heavy (non-hydrogen) atoms. The molecule has 0 radical (unpaired) electrons. The highest BCUT2D eigenvalue weighted by molar-refractivity contribution is 9.10. The molecule has 11 heteroatoms. The number of esters is 1. The van der Waals surface area contributed by atoms with E-state index in [4.69, 9.17) is 19.2 Å². The van der Waals surface area contributed by atoms with E-state index >= 15 is 0 Å². The lowest BCUT2D eigenvalue weighted by molar-refractivity contribution is 0.0526. The number of aromatic nitrogens is 6. The Kier molecular flexibility index (Phi) is 7.13. The minimum absolute atomic E-state index is 0.234. The smallest absolute Gasteiger partial charge is 0.341 e. The topological polar surface area (TPSA) is 106 Å². The van der Waals surface area contributed by atoms with Gasteiger partial charge in [0.05, 0.1) is 38.3 Å². The van der Waals surface area contributed by atoms with Crippen molar-refractivity contribution in [1.82, 2.24) is 29.3 Å². The zero-order chi connectivity index (χ0) is 25.8. The van der Waals surface area contributed by atoms with Gasteiger partial charge in [0.1, 0.15) is 12.4 Å². The summed E-state index contributed by atoms with van der Waals surface area (Å²) in [7, 11) is 1.63. The van der Waals surface area contributed by atoms with E-state index in [2.05, 4.69) is 31.0 Å². The van der Waals surface area contributed by atoms with Crippen molar-refractivity contribution in [2.24, 2.45) is 0 Å². The molecule has 0 aliphatic heterocycles. The summed E-state index contributed by atoms with van der Waals surface area (Å²) in [5, 5.41) is 4.27. The van der Waals surface area contributed by atoms with E-state index < -0.39 is 5.97 Å². The van der Waals surface area contributed by atoms with Crippen LogP contribution >= 0.6 is 15.9 Å². The van der Waals surface area contributed by atoms with E-state index in [1.165, 1.54) is 17.1 Å². The number of imidazole rings is 1. The Hall–Kier alpha value is -4.25. The predicted molar refractivity (Wildman–Crippen MR) is 139 cm³/mol. The summed E-state index contributed by atoms with van der Waals surface area (Å²) < 4.78 is 20.8. The van der Waals surface area contributed by atoms with Crippen LogP contribution in [0.4, 0.5) is 0 Å². The fourth-order valence-corrected chi connectivity index (χ4v) is 4.06. The zero-order valence-electron chi connectivity index (χ0n) is 20.2. The summed E-state index contributed by atoms with van der Waals surface area (Å²) in [5.74, 6) is 0.814. The molecule has 3 heterocycles. The van der Waals surface area contributed by atoms with Gasteiger partial charge in [0.15, 0.2) is 11.2 Å². The highest BCUT2D eigenvalue weighted by Crippen LogP contribution is 2.27. The third-order valence-corrected chi connectivity index (χ3v) is 6.30. The highest BCUT2D eigenvalue weighted by Gasteiger charge is 2.19. The first kappa shape index (κ1) is 24.4. The Morgan fingerprint density at radius 1 is 1.11 bits per heavy atom. The molecule has 0 aliphatic carbocycles. The molecule has 3 aromatic heterocycles. The van der Waals surface area contributed by atoms with Gasteiger partial charge in [-0.25, -0.2) is 14.5 Å². The molecule has 0 amide bonds. The van der Waals surface area contributed by atoms with Crippen LogP contribution in [-0.4, -0.2) is 49.0 Å². The minimum atomic E-state index is -0.469. The Balaban J connectivity index is 1.56. The van der Waals surface area contributed by atoms with Gasteiger partial charge in [0, 0.05) is 10.7 Å². The number of carbonyl (C=O) groups is 1. The van der Waals surface area contributed by atoms with Crippen LogP contribution in [0, 0.1) is 0 Å². The number of methoxy groups -OCH3 is 1. The molecule has 5 rings (SSSR count). The van der Waals surface area contributed by atoms with Gasteiger partial charge in [0.25, 0.3) is 5.95 Å². The van der Waals surface area contributed by atoms with Crippen LogP contribution in [0.1, 0.15) is 28.4 Å². The van der Waals surface area contributed by atoms with Crippen LogP contribution in [0.5, 0.6) is 11.6 Å². The molecular weight excluding hydrogens is 540 g/mol. The van der Waals surface area contributed by atoms with Crippen molar-refractivity contribution < 1.29 is 19.0 Å². The lowest BCUT2D eigenvalue weighted by Gasteiger charge is -2.11. The molecule has 2 aromatic carbocycles. The van der Waals surface area contributed by atoms with Gasteiger partial charge in [0.2, 0.25) is 5.88 Å². The summed E-state index contributed by atoms with van der Waals surface area (Å²) >= 11 is 3.61. The molecule has 0 saturated carbocycles. The average Bonchev–Trinajstić information content (AvgIpc) is 3.57. The van der Waals surface area contributed by atoms with Gasteiger partial charge >= 0.3 is 5.97 Å². The van der Waals surface area contributed by atoms with E-state index in [1.54, 1.807) is 20.4 Å². The van der Waals surface area contributed by atoms with E-state index in [9.17, 15) is 4.79 Å². The molecule has 188 valence electrons. The van der Waals surface area contributed by atoms with Crippen molar-refractivity contribution in [2.45, 2.75) is 20.1 Å². The quantitative estimate of drug-likeness (QED) is 0.240. The lowest BCUT2D eigenvalue weighted by atomic mass is 10.2. The number of halogens is 1. The monoisotopic (exact) mass is 562 g/mol. The summed E-state index contributed by atoms with van der Waals surface area (Å²) in [6.07, 6.45) is 4.64. The minimum Gasteiger partial charge on any atom is -0.497 e. The number of carbonyl (C=O) groups excluding carboxylic acids is 1. The molecule has 0 atom stereocenters. The molecule has 0 bridgehead atoms. The number of benzene rings is 2. The van der Waals surface area contributed by atoms with E-state index in [1.807, 2.05) is 53.1 Å². The molecule has 5 aromatic rings. The van der Waals surface area contributed by atoms with Crippen LogP contribution in [0.2, 0.25) is 0 Å². The van der Waals surface area contributed by atoms with Gasteiger partial charge < -0.3 is 18.8 Å². The molecule has 0 saturated heterocycles. The van der Waals surface area contributed by atoms with Gasteiger partial charge in [-0.15, -0.1) is 0 Å². The Labute approximate surface area is 221 Å². The molecule has 10 nitrogen and oxygen atoms in total. The van der Waals surface area contributed by atoms with Crippen LogP contribution < -0.4 is 9.47 Å². The first-order valence-corrected chi connectivity index (χ1v) is 12.3. The van der Waals surface area contributed by atoms with Crippen molar-refractivity contribution in [1.29, 1.82) is 0 Å². The van der Waals surface area contributed by atoms with Crippen LogP contribution in [-0.2, 0) is 17.9 Å². The predicted octanol–water partition coefficient (Wildman–Crippen LogP) is 4.59. The third-order valence-electron chi connectivity index (χ3n) is 5.53. The summed E-state index contributed by atoms with van der Waals surface area (Å²) in [6, 6.07) is 15.5. The second-order valence-corrected chi connectivity index (χ2v) is 8.85. The first-order chi connectivity index (χ1) is 18.1. The van der Waals surface area contributed by atoms with Crippen molar-refractivity contribution in [3.8, 4) is 17.6 Å². The molecule has 0 N–H and O–H groups in total. The number of hydrogen-bond acceptors (Lipinski definition) is 8. The van der Waals surface area contributed by atoms with Gasteiger partial charge in [-0.1, -0.05) is 46.3 Å². The summed E-state index contributed by atoms with van der Waals surface area (Å²) in [4.78, 5) is 26.0. The molecule has 0 fully saturated rings. The van der Waals surface area contributed by atoms with Crippen molar-refractivity contribution in [3.63, 3.8) is 0 Å². The number of fused-ring (bicyclic) bond motifs is 1. The SMILES string of the molecule is CCOC(=O)c1cnn(-c2nc(OCc3ccccc3)c3ncn(Cc4cc(OC)ccc4Br)c3n2)c1. The number of ether oxygens (including phenoxy) is 3. The Bertz CT molecular complexity index is 1550. The average molecular weight is 563 g/mol. The Morgan fingerprint density at radius 2 is 1.95 bits per heavy atom. The summed E-state index contributed by atoms with van der Waals surface area (Å²) in [6.45, 7) is 2.78. The molecule has 0 spiro atoms. The fourth-order valence-electron chi connectivity index (χ4n) is 3.69. The van der Waals surface area contributed by atoms with Crippen molar-refractivity contribution >= 4 is 33.1 Å². The number of rotatable bonds is 9. The van der Waals surface area contributed by atoms with Gasteiger partial charge in [-0.3, -0.25) is 0 Å².